The Morgan fingerprint density at radius 2 is 1.88 bits per heavy atom. The van der Waals surface area contributed by atoms with Crippen LogP contribution in [0.3, 0.4) is 0 Å². The molecule has 1 aliphatic rings. The average molecular weight is 329 g/mol. The number of amides is 1. The second kappa shape index (κ2) is 6.98. The maximum atomic E-state index is 12.6. The molecule has 1 fully saturated rings. The van der Waals surface area contributed by atoms with Crippen LogP contribution in [0.1, 0.15) is 27.2 Å². The lowest BCUT2D eigenvalue weighted by atomic mass is 9.91. The van der Waals surface area contributed by atoms with Crippen LogP contribution in [0.4, 0.5) is 0 Å². The number of piperidine rings is 1. The van der Waals surface area contributed by atoms with E-state index in [1.807, 2.05) is 36.1 Å². The zero-order valence-electron chi connectivity index (χ0n) is 14.3. The molecule has 0 aliphatic carbocycles. The quantitative estimate of drug-likeness (QED) is 0.857. The summed E-state index contributed by atoms with van der Waals surface area (Å²) in [5.41, 5.74) is 0.838. The van der Waals surface area contributed by atoms with Crippen LogP contribution in [0.2, 0.25) is 0 Å². The van der Waals surface area contributed by atoms with Crippen molar-refractivity contribution in [3.05, 3.63) is 30.6 Å². The highest BCUT2D eigenvalue weighted by Gasteiger charge is 2.29. The molecule has 0 N–H and O–H groups in total. The lowest BCUT2D eigenvalue weighted by Crippen LogP contribution is -2.47. The van der Waals surface area contributed by atoms with Crippen LogP contribution in [0.5, 0.6) is 5.75 Å². The van der Waals surface area contributed by atoms with Crippen LogP contribution < -0.4 is 4.74 Å². The Bertz CT molecular complexity index is 661. The molecule has 0 saturated carbocycles. The van der Waals surface area contributed by atoms with Gasteiger partial charge in [0.1, 0.15) is 12.1 Å². The molecule has 2 heterocycles. The summed E-state index contributed by atoms with van der Waals surface area (Å²) in [7, 11) is 0. The van der Waals surface area contributed by atoms with Crippen LogP contribution in [-0.4, -0.2) is 50.2 Å². The summed E-state index contributed by atoms with van der Waals surface area (Å²) in [6.07, 6.45) is 2.21. The van der Waals surface area contributed by atoms with Gasteiger partial charge < -0.3 is 9.64 Å². The Balaban J connectivity index is 1.61. The van der Waals surface area contributed by atoms with Crippen LogP contribution in [0.15, 0.2) is 30.6 Å². The van der Waals surface area contributed by atoms with E-state index in [2.05, 4.69) is 29.4 Å². The Hall–Kier alpha value is -2.44. The Morgan fingerprint density at radius 1 is 1.21 bits per heavy atom. The number of rotatable bonds is 4. The van der Waals surface area contributed by atoms with Crippen molar-refractivity contribution in [3.8, 4) is 11.4 Å². The zero-order valence-corrected chi connectivity index (χ0v) is 14.3. The molecule has 1 aromatic heterocycles. The third kappa shape index (κ3) is 3.72. The molecule has 7 nitrogen and oxygen atoms in total. The number of hydrogen-bond acceptors (Lipinski definition) is 5. The fraction of sp³-hybridized carbons (Fsp3) is 0.529. The first-order valence-corrected chi connectivity index (χ1v) is 8.32. The van der Waals surface area contributed by atoms with E-state index < -0.39 is 6.10 Å². The lowest BCUT2D eigenvalue weighted by Gasteiger charge is -2.36. The van der Waals surface area contributed by atoms with Gasteiger partial charge in [-0.05, 0) is 59.9 Å². The van der Waals surface area contributed by atoms with Crippen molar-refractivity contribution in [1.29, 1.82) is 0 Å². The summed E-state index contributed by atoms with van der Waals surface area (Å²) in [6.45, 7) is 7.82. The standard InChI is InChI=1S/C17H23N5O2/c1-12-8-13(2)10-21(9-12)17(23)14(3)24-16-6-4-15(5-7-16)22-11-18-19-20-22/h4-7,11-14H,8-10H2,1-3H3/t12-,13+,14-/m0/s1. The summed E-state index contributed by atoms with van der Waals surface area (Å²) in [6, 6.07) is 7.35. The molecule has 1 amide bonds. The minimum Gasteiger partial charge on any atom is -0.481 e. The van der Waals surface area contributed by atoms with Gasteiger partial charge in [0, 0.05) is 13.1 Å². The predicted molar refractivity (Wildman–Crippen MR) is 88.8 cm³/mol. The van der Waals surface area contributed by atoms with Gasteiger partial charge in [0.05, 0.1) is 5.69 Å². The molecule has 2 aromatic rings. The Labute approximate surface area is 141 Å². The van der Waals surface area contributed by atoms with E-state index in [-0.39, 0.29) is 5.91 Å². The predicted octanol–water partition coefficient (Wildman–Crippen LogP) is 1.93. The van der Waals surface area contributed by atoms with Crippen LogP contribution in [-0.2, 0) is 4.79 Å². The van der Waals surface area contributed by atoms with Crippen molar-refractivity contribution in [2.24, 2.45) is 11.8 Å². The number of likely N-dealkylation sites (tertiary alicyclic amines) is 1. The summed E-state index contributed by atoms with van der Waals surface area (Å²) >= 11 is 0. The molecule has 24 heavy (non-hydrogen) atoms. The average Bonchev–Trinajstić information content (AvgIpc) is 3.08. The summed E-state index contributed by atoms with van der Waals surface area (Å²) < 4.78 is 7.38. The third-order valence-corrected chi connectivity index (χ3v) is 4.29. The van der Waals surface area contributed by atoms with Gasteiger partial charge in [0.2, 0.25) is 0 Å². The monoisotopic (exact) mass is 329 g/mol. The minimum absolute atomic E-state index is 0.0537. The maximum Gasteiger partial charge on any atom is 0.263 e. The Kier molecular flexibility index (Phi) is 4.78. The number of hydrogen-bond donors (Lipinski definition) is 0. The van der Waals surface area contributed by atoms with E-state index in [0.717, 1.165) is 18.8 Å². The minimum atomic E-state index is -0.499. The van der Waals surface area contributed by atoms with Crippen molar-refractivity contribution < 1.29 is 9.53 Å². The first-order valence-electron chi connectivity index (χ1n) is 8.32. The van der Waals surface area contributed by atoms with Gasteiger partial charge in [-0.2, -0.15) is 0 Å². The van der Waals surface area contributed by atoms with Gasteiger partial charge in [0.25, 0.3) is 5.91 Å². The topological polar surface area (TPSA) is 73.1 Å². The number of ether oxygens (including phenoxy) is 1. The number of carbonyl (C=O) groups excluding carboxylic acids is 1. The fourth-order valence-electron chi connectivity index (χ4n) is 3.31. The molecule has 1 saturated heterocycles. The number of aromatic nitrogens is 4. The van der Waals surface area contributed by atoms with Crippen molar-refractivity contribution >= 4 is 5.91 Å². The van der Waals surface area contributed by atoms with E-state index in [1.165, 1.54) is 12.7 Å². The fourth-order valence-corrected chi connectivity index (χ4v) is 3.31. The first kappa shape index (κ1) is 16.4. The van der Waals surface area contributed by atoms with Gasteiger partial charge in [0.15, 0.2) is 6.10 Å². The lowest BCUT2D eigenvalue weighted by molar-refractivity contribution is -0.140. The molecular weight excluding hydrogens is 306 g/mol. The van der Waals surface area contributed by atoms with Crippen molar-refractivity contribution in [2.75, 3.05) is 13.1 Å². The molecule has 3 atom stereocenters. The molecule has 3 rings (SSSR count). The van der Waals surface area contributed by atoms with Crippen LogP contribution in [0.25, 0.3) is 5.69 Å². The molecule has 0 radical (unpaired) electrons. The van der Waals surface area contributed by atoms with E-state index in [9.17, 15) is 4.79 Å². The summed E-state index contributed by atoms with van der Waals surface area (Å²) in [4.78, 5) is 14.5. The molecule has 1 aromatic carbocycles. The molecular formula is C17H23N5O2. The summed E-state index contributed by atoms with van der Waals surface area (Å²) in [5.74, 6) is 1.80. The summed E-state index contributed by atoms with van der Waals surface area (Å²) in [5, 5.41) is 11.0. The second-order valence-electron chi connectivity index (χ2n) is 6.70. The van der Waals surface area contributed by atoms with Crippen molar-refractivity contribution in [2.45, 2.75) is 33.3 Å². The van der Waals surface area contributed by atoms with E-state index in [0.29, 0.717) is 17.6 Å². The molecule has 1 aliphatic heterocycles. The highest BCUT2D eigenvalue weighted by molar-refractivity contribution is 5.81. The number of tetrazole rings is 1. The first-order chi connectivity index (χ1) is 11.5. The van der Waals surface area contributed by atoms with Gasteiger partial charge in [-0.3, -0.25) is 4.79 Å². The largest absolute Gasteiger partial charge is 0.481 e. The van der Waals surface area contributed by atoms with Crippen LogP contribution in [0, 0.1) is 11.8 Å². The van der Waals surface area contributed by atoms with Crippen molar-refractivity contribution in [1.82, 2.24) is 25.1 Å². The van der Waals surface area contributed by atoms with Gasteiger partial charge >= 0.3 is 0 Å². The van der Waals surface area contributed by atoms with Gasteiger partial charge in [-0.15, -0.1) is 5.10 Å². The molecule has 7 heteroatoms. The Morgan fingerprint density at radius 3 is 2.46 bits per heavy atom. The normalized spacial score (nSPS) is 22.2. The van der Waals surface area contributed by atoms with E-state index in [1.54, 1.807) is 4.68 Å². The smallest absolute Gasteiger partial charge is 0.263 e. The third-order valence-electron chi connectivity index (χ3n) is 4.29. The molecule has 0 unspecified atom stereocenters. The molecule has 0 bridgehead atoms. The van der Waals surface area contributed by atoms with E-state index >= 15 is 0 Å². The molecule has 128 valence electrons. The highest BCUT2D eigenvalue weighted by Crippen LogP contribution is 2.22. The maximum absolute atomic E-state index is 12.6. The van der Waals surface area contributed by atoms with E-state index in [4.69, 9.17) is 4.74 Å². The number of carbonyl (C=O) groups is 1. The number of benzene rings is 1. The second-order valence-corrected chi connectivity index (χ2v) is 6.70. The van der Waals surface area contributed by atoms with Crippen molar-refractivity contribution in [3.63, 3.8) is 0 Å². The highest BCUT2D eigenvalue weighted by atomic mass is 16.5. The SMILES string of the molecule is C[C@@H]1C[C@H](C)CN(C(=O)[C@H](C)Oc2ccc(-n3cnnn3)cc2)C1. The zero-order chi connectivity index (χ0) is 17.1. The van der Waals surface area contributed by atoms with Crippen LogP contribution >= 0.6 is 0 Å². The molecule has 0 spiro atoms. The van der Waals surface area contributed by atoms with Gasteiger partial charge in [-0.1, -0.05) is 13.8 Å². The number of nitrogens with zero attached hydrogens (tertiary/aromatic N) is 5. The van der Waals surface area contributed by atoms with Gasteiger partial charge in [-0.25, -0.2) is 4.68 Å².